The number of aromatic nitrogens is 2. The Kier molecular flexibility index (Phi) is 4.95. The summed E-state index contributed by atoms with van der Waals surface area (Å²) in [6, 6.07) is 1.67. The average Bonchev–Trinajstić information content (AvgIpc) is 2.93. The van der Waals surface area contributed by atoms with Crippen molar-refractivity contribution in [3.8, 4) is 0 Å². The van der Waals surface area contributed by atoms with Gasteiger partial charge in [-0.15, -0.1) is 0 Å². The predicted octanol–water partition coefficient (Wildman–Crippen LogP) is 0.613. The minimum absolute atomic E-state index is 0.0365. The van der Waals surface area contributed by atoms with Crippen LogP contribution in [0.3, 0.4) is 0 Å². The van der Waals surface area contributed by atoms with Crippen molar-refractivity contribution in [2.75, 3.05) is 25.0 Å². The summed E-state index contributed by atoms with van der Waals surface area (Å²) in [4.78, 5) is 25.6. The summed E-state index contributed by atoms with van der Waals surface area (Å²) in [5, 5.41) is 9.91. The van der Waals surface area contributed by atoms with Crippen molar-refractivity contribution >= 4 is 17.6 Å². The monoisotopic (exact) mass is 293 g/mol. The Morgan fingerprint density at radius 3 is 2.95 bits per heavy atom. The molecule has 2 rings (SSSR count). The first kappa shape index (κ1) is 15.5. The van der Waals surface area contributed by atoms with Gasteiger partial charge in [-0.3, -0.25) is 14.5 Å². The van der Waals surface area contributed by atoms with Gasteiger partial charge in [-0.25, -0.2) is 4.68 Å². The summed E-state index contributed by atoms with van der Waals surface area (Å²) in [5.74, 6) is 0.544. The first-order chi connectivity index (χ1) is 10.0. The standard InChI is InChI=1S/C14H23N5O2/c1-4-10(2)19-12(5-6-16-19)17-14(21)11(3)18-8-7-15-13(20)9-18/h5-6,10-11H,4,7-9H2,1-3H3,(H,15,20)(H,17,21)/t10-,11-/m0/s1. The zero-order chi connectivity index (χ0) is 15.4. The number of carbonyl (C=O) groups excluding carboxylic acids is 2. The van der Waals surface area contributed by atoms with Gasteiger partial charge in [0.05, 0.1) is 24.8 Å². The number of amides is 2. The molecule has 0 bridgehead atoms. The molecule has 0 aliphatic carbocycles. The van der Waals surface area contributed by atoms with Crippen LogP contribution < -0.4 is 10.6 Å². The van der Waals surface area contributed by atoms with Crippen molar-refractivity contribution in [2.45, 2.75) is 39.3 Å². The number of anilines is 1. The lowest BCUT2D eigenvalue weighted by Crippen LogP contribution is -2.53. The molecule has 21 heavy (non-hydrogen) atoms. The number of rotatable bonds is 5. The van der Waals surface area contributed by atoms with E-state index >= 15 is 0 Å². The molecule has 0 saturated carbocycles. The van der Waals surface area contributed by atoms with Crippen LogP contribution >= 0.6 is 0 Å². The lowest BCUT2D eigenvalue weighted by atomic mass is 10.2. The number of piperazine rings is 1. The second kappa shape index (κ2) is 6.71. The van der Waals surface area contributed by atoms with E-state index in [0.717, 1.165) is 6.42 Å². The van der Waals surface area contributed by atoms with Gasteiger partial charge in [0.15, 0.2) is 0 Å². The van der Waals surface area contributed by atoms with E-state index in [-0.39, 0.29) is 30.4 Å². The van der Waals surface area contributed by atoms with E-state index in [2.05, 4.69) is 29.6 Å². The summed E-state index contributed by atoms with van der Waals surface area (Å²) in [5.41, 5.74) is 0. The van der Waals surface area contributed by atoms with Crippen molar-refractivity contribution in [3.05, 3.63) is 12.3 Å². The Bertz CT molecular complexity index is 513. The van der Waals surface area contributed by atoms with Crippen LogP contribution in [0.5, 0.6) is 0 Å². The van der Waals surface area contributed by atoms with E-state index in [4.69, 9.17) is 0 Å². The van der Waals surface area contributed by atoms with E-state index in [0.29, 0.717) is 18.9 Å². The molecular weight excluding hydrogens is 270 g/mol. The third-order valence-electron chi connectivity index (χ3n) is 3.92. The molecule has 1 fully saturated rings. The highest BCUT2D eigenvalue weighted by atomic mass is 16.2. The minimum Gasteiger partial charge on any atom is -0.354 e. The Morgan fingerprint density at radius 1 is 1.52 bits per heavy atom. The van der Waals surface area contributed by atoms with E-state index in [1.807, 2.05) is 16.5 Å². The molecule has 2 amide bonds. The summed E-state index contributed by atoms with van der Waals surface area (Å²) in [6.45, 7) is 7.48. The molecule has 7 nitrogen and oxygen atoms in total. The summed E-state index contributed by atoms with van der Waals surface area (Å²) >= 11 is 0. The average molecular weight is 293 g/mol. The zero-order valence-corrected chi connectivity index (χ0v) is 12.8. The SMILES string of the molecule is CC[C@H](C)n1nccc1NC(=O)[C@H](C)N1CCNC(=O)C1. The Hall–Kier alpha value is -1.89. The number of carbonyl (C=O) groups is 2. The zero-order valence-electron chi connectivity index (χ0n) is 12.8. The van der Waals surface area contributed by atoms with Crippen molar-refractivity contribution in [3.63, 3.8) is 0 Å². The number of nitrogens with zero attached hydrogens (tertiary/aromatic N) is 3. The van der Waals surface area contributed by atoms with Gasteiger partial charge in [0, 0.05) is 19.2 Å². The third-order valence-corrected chi connectivity index (χ3v) is 3.92. The second-order valence-corrected chi connectivity index (χ2v) is 5.40. The maximum absolute atomic E-state index is 12.4. The fourth-order valence-electron chi connectivity index (χ4n) is 2.32. The molecule has 2 atom stereocenters. The molecule has 1 aromatic heterocycles. The van der Waals surface area contributed by atoms with Crippen molar-refractivity contribution < 1.29 is 9.59 Å². The molecule has 0 unspecified atom stereocenters. The minimum atomic E-state index is -0.351. The van der Waals surface area contributed by atoms with Gasteiger partial charge in [0.1, 0.15) is 5.82 Å². The van der Waals surface area contributed by atoms with Gasteiger partial charge in [0.25, 0.3) is 0 Å². The first-order valence-electron chi connectivity index (χ1n) is 7.38. The van der Waals surface area contributed by atoms with E-state index in [1.165, 1.54) is 0 Å². The van der Waals surface area contributed by atoms with Gasteiger partial charge < -0.3 is 10.6 Å². The largest absolute Gasteiger partial charge is 0.354 e. The van der Waals surface area contributed by atoms with Gasteiger partial charge in [-0.05, 0) is 20.3 Å². The lowest BCUT2D eigenvalue weighted by Gasteiger charge is -2.31. The van der Waals surface area contributed by atoms with E-state index in [9.17, 15) is 9.59 Å². The molecular formula is C14H23N5O2. The fourth-order valence-corrected chi connectivity index (χ4v) is 2.32. The van der Waals surface area contributed by atoms with E-state index < -0.39 is 0 Å². The molecule has 7 heteroatoms. The van der Waals surface area contributed by atoms with Gasteiger partial charge in [-0.2, -0.15) is 5.10 Å². The maximum Gasteiger partial charge on any atom is 0.242 e. The van der Waals surface area contributed by atoms with Crippen LogP contribution in [-0.2, 0) is 9.59 Å². The molecule has 2 heterocycles. The summed E-state index contributed by atoms with van der Waals surface area (Å²) < 4.78 is 1.81. The smallest absolute Gasteiger partial charge is 0.242 e. The molecule has 1 saturated heterocycles. The van der Waals surface area contributed by atoms with Gasteiger partial charge in [0.2, 0.25) is 11.8 Å². The predicted molar refractivity (Wildman–Crippen MR) is 79.9 cm³/mol. The number of nitrogens with one attached hydrogen (secondary N) is 2. The number of hydrogen-bond donors (Lipinski definition) is 2. The Morgan fingerprint density at radius 2 is 2.29 bits per heavy atom. The summed E-state index contributed by atoms with van der Waals surface area (Å²) in [7, 11) is 0. The van der Waals surface area contributed by atoms with Gasteiger partial charge in [-0.1, -0.05) is 6.92 Å². The Balaban J connectivity index is 2.01. The van der Waals surface area contributed by atoms with Crippen molar-refractivity contribution in [1.29, 1.82) is 0 Å². The topological polar surface area (TPSA) is 79.3 Å². The molecule has 0 aromatic carbocycles. The second-order valence-electron chi connectivity index (χ2n) is 5.40. The highest BCUT2D eigenvalue weighted by Crippen LogP contribution is 2.17. The first-order valence-corrected chi connectivity index (χ1v) is 7.38. The molecule has 1 aromatic rings. The fraction of sp³-hybridized carbons (Fsp3) is 0.643. The lowest BCUT2D eigenvalue weighted by molar-refractivity contribution is -0.127. The van der Waals surface area contributed by atoms with Crippen LogP contribution in [0.15, 0.2) is 12.3 Å². The quantitative estimate of drug-likeness (QED) is 0.834. The van der Waals surface area contributed by atoms with Crippen LogP contribution in [0.25, 0.3) is 0 Å². The normalized spacial score (nSPS) is 18.9. The van der Waals surface area contributed by atoms with Crippen LogP contribution in [0.1, 0.15) is 33.2 Å². The highest BCUT2D eigenvalue weighted by molar-refractivity contribution is 5.94. The molecule has 1 aliphatic heterocycles. The van der Waals surface area contributed by atoms with Crippen molar-refractivity contribution in [1.82, 2.24) is 20.0 Å². The molecule has 2 N–H and O–H groups in total. The van der Waals surface area contributed by atoms with Crippen LogP contribution in [0.2, 0.25) is 0 Å². The number of hydrogen-bond acceptors (Lipinski definition) is 4. The molecule has 0 spiro atoms. The maximum atomic E-state index is 12.4. The van der Waals surface area contributed by atoms with Gasteiger partial charge >= 0.3 is 0 Å². The summed E-state index contributed by atoms with van der Waals surface area (Å²) in [6.07, 6.45) is 2.62. The van der Waals surface area contributed by atoms with Crippen LogP contribution in [0.4, 0.5) is 5.82 Å². The van der Waals surface area contributed by atoms with Crippen LogP contribution in [0, 0.1) is 0 Å². The van der Waals surface area contributed by atoms with Crippen LogP contribution in [-0.4, -0.2) is 52.2 Å². The molecule has 116 valence electrons. The van der Waals surface area contributed by atoms with E-state index in [1.54, 1.807) is 12.3 Å². The molecule has 0 radical (unpaired) electrons. The molecule has 1 aliphatic rings. The third kappa shape index (κ3) is 3.60. The highest BCUT2D eigenvalue weighted by Gasteiger charge is 2.26. The Labute approximate surface area is 124 Å². The van der Waals surface area contributed by atoms with Crippen molar-refractivity contribution in [2.24, 2.45) is 0 Å².